The zero-order valence-corrected chi connectivity index (χ0v) is 16.2. The first-order valence-corrected chi connectivity index (χ1v) is 10.3. The van der Waals surface area contributed by atoms with Crippen LogP contribution in [0.4, 0.5) is 11.8 Å². The van der Waals surface area contributed by atoms with Gasteiger partial charge in [0.25, 0.3) is 0 Å². The van der Waals surface area contributed by atoms with Crippen molar-refractivity contribution in [3.05, 3.63) is 36.4 Å². The first-order chi connectivity index (χ1) is 13.3. The van der Waals surface area contributed by atoms with Gasteiger partial charge in [0.05, 0.1) is 5.52 Å². The van der Waals surface area contributed by atoms with E-state index in [1.54, 1.807) is 0 Å². The maximum atomic E-state index is 4.90. The van der Waals surface area contributed by atoms with E-state index in [-0.39, 0.29) is 0 Å². The molecular weight excluding hydrogens is 334 g/mol. The molecule has 0 atom stereocenters. The summed E-state index contributed by atoms with van der Waals surface area (Å²) in [5.74, 6) is 1.79. The first kappa shape index (κ1) is 17.8. The highest BCUT2D eigenvalue weighted by molar-refractivity contribution is 5.91. The largest absolute Gasteiger partial charge is 0.355 e. The summed E-state index contributed by atoms with van der Waals surface area (Å²) in [7, 11) is 0. The SMILES string of the molecule is CCCCCNc1nc(N2CCCCC2)c2[nH]c(-c3ccccc3)cc2n1. The molecule has 142 valence electrons. The van der Waals surface area contributed by atoms with Crippen molar-refractivity contribution in [1.29, 1.82) is 0 Å². The number of aromatic nitrogens is 3. The van der Waals surface area contributed by atoms with E-state index in [2.05, 4.69) is 52.5 Å². The smallest absolute Gasteiger partial charge is 0.225 e. The second-order valence-electron chi connectivity index (χ2n) is 7.36. The van der Waals surface area contributed by atoms with Crippen LogP contribution in [0, 0.1) is 0 Å². The molecule has 5 heteroatoms. The summed E-state index contributed by atoms with van der Waals surface area (Å²) in [6.07, 6.45) is 7.38. The maximum absolute atomic E-state index is 4.90. The Kier molecular flexibility index (Phi) is 5.56. The molecule has 2 N–H and O–H groups in total. The van der Waals surface area contributed by atoms with Gasteiger partial charge in [0.1, 0.15) is 5.52 Å². The number of hydrogen-bond donors (Lipinski definition) is 2. The van der Waals surface area contributed by atoms with E-state index < -0.39 is 0 Å². The molecule has 0 unspecified atom stereocenters. The fraction of sp³-hybridized carbons (Fsp3) is 0.455. The van der Waals surface area contributed by atoms with Crippen LogP contribution < -0.4 is 10.2 Å². The molecule has 2 aromatic heterocycles. The van der Waals surface area contributed by atoms with Gasteiger partial charge in [-0.3, -0.25) is 0 Å². The van der Waals surface area contributed by atoms with Crippen LogP contribution in [0.2, 0.25) is 0 Å². The van der Waals surface area contributed by atoms with E-state index in [4.69, 9.17) is 9.97 Å². The minimum Gasteiger partial charge on any atom is -0.355 e. The Morgan fingerprint density at radius 3 is 2.63 bits per heavy atom. The Labute approximate surface area is 161 Å². The van der Waals surface area contributed by atoms with Crippen LogP contribution >= 0.6 is 0 Å². The average molecular weight is 364 g/mol. The van der Waals surface area contributed by atoms with Crippen molar-refractivity contribution in [2.45, 2.75) is 45.4 Å². The molecule has 0 bridgehead atoms. The highest BCUT2D eigenvalue weighted by atomic mass is 15.2. The summed E-state index contributed by atoms with van der Waals surface area (Å²) in [6, 6.07) is 12.6. The number of H-pyrrole nitrogens is 1. The molecule has 3 aromatic rings. The van der Waals surface area contributed by atoms with Gasteiger partial charge in [0, 0.05) is 25.3 Å². The monoisotopic (exact) mass is 363 g/mol. The van der Waals surface area contributed by atoms with E-state index in [0.29, 0.717) is 0 Å². The fourth-order valence-electron chi connectivity index (χ4n) is 3.76. The molecule has 1 aromatic carbocycles. The van der Waals surface area contributed by atoms with Crippen molar-refractivity contribution >= 4 is 22.8 Å². The number of benzene rings is 1. The number of fused-ring (bicyclic) bond motifs is 1. The van der Waals surface area contributed by atoms with E-state index in [1.807, 2.05) is 6.07 Å². The van der Waals surface area contributed by atoms with Gasteiger partial charge in [-0.15, -0.1) is 0 Å². The molecule has 0 aliphatic carbocycles. The molecule has 0 spiro atoms. The molecule has 4 rings (SSSR count). The van der Waals surface area contributed by atoms with Crippen molar-refractivity contribution in [3.63, 3.8) is 0 Å². The van der Waals surface area contributed by atoms with Crippen molar-refractivity contribution in [2.24, 2.45) is 0 Å². The molecular formula is C22H29N5. The summed E-state index contributed by atoms with van der Waals surface area (Å²) >= 11 is 0. The molecule has 1 saturated heterocycles. The lowest BCUT2D eigenvalue weighted by molar-refractivity contribution is 0.574. The molecule has 1 aliphatic heterocycles. The van der Waals surface area contributed by atoms with Crippen LogP contribution in [0.5, 0.6) is 0 Å². The summed E-state index contributed by atoms with van der Waals surface area (Å²) in [5, 5.41) is 3.44. The van der Waals surface area contributed by atoms with Gasteiger partial charge < -0.3 is 15.2 Å². The standard InChI is InChI=1S/C22H29N5/c1-2-3-8-13-23-22-25-19-16-18(17-11-6-4-7-12-17)24-20(19)21(26-22)27-14-9-5-10-15-27/h4,6-7,11-12,16,24H,2-3,5,8-10,13-15H2,1H3,(H,23,25,26). The van der Waals surface area contributed by atoms with Gasteiger partial charge in [-0.1, -0.05) is 50.1 Å². The quantitative estimate of drug-likeness (QED) is 0.565. The highest BCUT2D eigenvalue weighted by Crippen LogP contribution is 2.31. The Balaban J connectivity index is 1.70. The number of anilines is 2. The van der Waals surface area contributed by atoms with Gasteiger partial charge in [-0.25, -0.2) is 4.98 Å². The van der Waals surface area contributed by atoms with Gasteiger partial charge in [-0.2, -0.15) is 4.98 Å². The van der Waals surface area contributed by atoms with Crippen molar-refractivity contribution in [1.82, 2.24) is 15.0 Å². The van der Waals surface area contributed by atoms with Gasteiger partial charge in [-0.05, 0) is 37.3 Å². The normalized spacial score (nSPS) is 14.6. The van der Waals surface area contributed by atoms with Crippen LogP contribution in [0.25, 0.3) is 22.3 Å². The number of unbranched alkanes of at least 4 members (excludes halogenated alkanes) is 2. The highest BCUT2D eigenvalue weighted by Gasteiger charge is 2.19. The summed E-state index contributed by atoms with van der Waals surface area (Å²) in [6.45, 7) is 5.29. The minimum atomic E-state index is 0.748. The predicted molar refractivity (Wildman–Crippen MR) is 113 cm³/mol. The predicted octanol–water partition coefficient (Wildman–Crippen LogP) is 5.22. The molecule has 0 amide bonds. The lowest BCUT2D eigenvalue weighted by atomic mass is 10.1. The average Bonchev–Trinajstić information content (AvgIpc) is 3.16. The second-order valence-corrected chi connectivity index (χ2v) is 7.36. The number of hydrogen-bond acceptors (Lipinski definition) is 4. The third-order valence-corrected chi connectivity index (χ3v) is 5.26. The Hall–Kier alpha value is -2.56. The van der Waals surface area contributed by atoms with Crippen LogP contribution in [0.15, 0.2) is 36.4 Å². The van der Waals surface area contributed by atoms with E-state index in [0.717, 1.165) is 54.5 Å². The van der Waals surface area contributed by atoms with Crippen molar-refractivity contribution in [3.8, 4) is 11.3 Å². The summed E-state index contributed by atoms with van der Waals surface area (Å²) < 4.78 is 0. The third kappa shape index (κ3) is 4.07. The number of nitrogens with zero attached hydrogens (tertiary/aromatic N) is 3. The van der Waals surface area contributed by atoms with E-state index in [1.165, 1.54) is 37.7 Å². The van der Waals surface area contributed by atoms with Crippen LogP contribution in [0.3, 0.4) is 0 Å². The zero-order chi connectivity index (χ0) is 18.5. The maximum Gasteiger partial charge on any atom is 0.225 e. The second kappa shape index (κ2) is 8.42. The van der Waals surface area contributed by atoms with Gasteiger partial charge >= 0.3 is 0 Å². The molecule has 3 heterocycles. The van der Waals surface area contributed by atoms with Crippen molar-refractivity contribution < 1.29 is 0 Å². The van der Waals surface area contributed by atoms with Crippen LogP contribution in [0.1, 0.15) is 45.4 Å². The summed E-state index contributed by atoms with van der Waals surface area (Å²) in [4.78, 5) is 15.7. The molecule has 1 aliphatic rings. The molecule has 0 saturated carbocycles. The fourth-order valence-corrected chi connectivity index (χ4v) is 3.76. The van der Waals surface area contributed by atoms with Gasteiger partial charge in [0.2, 0.25) is 5.95 Å². The number of rotatable bonds is 7. The number of aromatic amines is 1. The minimum absolute atomic E-state index is 0.748. The van der Waals surface area contributed by atoms with E-state index in [9.17, 15) is 0 Å². The first-order valence-electron chi connectivity index (χ1n) is 10.3. The molecule has 1 fully saturated rings. The Morgan fingerprint density at radius 2 is 1.85 bits per heavy atom. The molecule has 5 nitrogen and oxygen atoms in total. The topological polar surface area (TPSA) is 56.8 Å². The van der Waals surface area contributed by atoms with E-state index >= 15 is 0 Å². The zero-order valence-electron chi connectivity index (χ0n) is 16.2. The summed E-state index contributed by atoms with van der Waals surface area (Å²) in [5.41, 5.74) is 4.32. The lowest BCUT2D eigenvalue weighted by Crippen LogP contribution is -2.30. The third-order valence-electron chi connectivity index (χ3n) is 5.26. The van der Waals surface area contributed by atoms with Crippen LogP contribution in [-0.4, -0.2) is 34.6 Å². The number of piperidine rings is 1. The Bertz CT molecular complexity index is 865. The number of nitrogens with one attached hydrogen (secondary N) is 2. The molecule has 27 heavy (non-hydrogen) atoms. The van der Waals surface area contributed by atoms with Gasteiger partial charge in [0.15, 0.2) is 5.82 Å². The van der Waals surface area contributed by atoms with Crippen molar-refractivity contribution in [2.75, 3.05) is 29.9 Å². The lowest BCUT2D eigenvalue weighted by Gasteiger charge is -2.28. The van der Waals surface area contributed by atoms with Crippen LogP contribution in [-0.2, 0) is 0 Å². The molecule has 0 radical (unpaired) electrons. The Morgan fingerprint density at radius 1 is 1.04 bits per heavy atom.